The van der Waals surface area contributed by atoms with Crippen molar-refractivity contribution in [2.24, 2.45) is 0 Å². The highest BCUT2D eigenvalue weighted by Gasteiger charge is 2.15. The molecule has 1 aromatic rings. The van der Waals surface area contributed by atoms with Crippen LogP contribution in [-0.2, 0) is 4.74 Å². The first-order chi connectivity index (χ1) is 10.1. The molecule has 0 unspecified atom stereocenters. The number of hydrogen-bond donors (Lipinski definition) is 4. The first-order valence-corrected chi connectivity index (χ1v) is 7.02. The molecule has 2 rings (SSSR count). The molecule has 0 bridgehead atoms. The third kappa shape index (κ3) is 5.52. The third-order valence-corrected chi connectivity index (χ3v) is 3.15. The predicted octanol–water partition coefficient (Wildman–Crippen LogP) is 1.51. The minimum Gasteiger partial charge on any atom is -0.376 e. The van der Waals surface area contributed by atoms with Crippen molar-refractivity contribution in [1.29, 1.82) is 0 Å². The predicted molar refractivity (Wildman–Crippen MR) is 81.3 cm³/mol. The van der Waals surface area contributed by atoms with Crippen LogP contribution in [0, 0.1) is 5.82 Å². The standard InChI is InChI=1S/C13H17FN4O2S/c14-9-3-5-10(6-4-9)16-12(19)17-18-13(21)15-8-11-2-1-7-20-11/h3-6,11H,1-2,7-8H2,(H2,15,18,21)(H2,16,17,19)/t11-/m0/s1. The Bertz CT molecular complexity index is 491. The smallest absolute Gasteiger partial charge is 0.337 e. The maximum Gasteiger partial charge on any atom is 0.337 e. The van der Waals surface area contributed by atoms with E-state index in [0.29, 0.717) is 17.3 Å². The van der Waals surface area contributed by atoms with Gasteiger partial charge in [0.05, 0.1) is 6.10 Å². The summed E-state index contributed by atoms with van der Waals surface area (Å²) in [7, 11) is 0. The second-order valence-corrected chi connectivity index (χ2v) is 4.96. The minimum absolute atomic E-state index is 0.165. The molecule has 0 aromatic heterocycles. The zero-order valence-electron chi connectivity index (χ0n) is 11.3. The first-order valence-electron chi connectivity index (χ1n) is 6.61. The lowest BCUT2D eigenvalue weighted by Gasteiger charge is -2.14. The lowest BCUT2D eigenvalue weighted by molar-refractivity contribution is 0.114. The van der Waals surface area contributed by atoms with E-state index in [4.69, 9.17) is 17.0 Å². The number of amides is 2. The highest BCUT2D eigenvalue weighted by molar-refractivity contribution is 7.80. The van der Waals surface area contributed by atoms with Gasteiger partial charge in [-0.15, -0.1) is 0 Å². The van der Waals surface area contributed by atoms with E-state index in [1.165, 1.54) is 24.3 Å². The zero-order chi connectivity index (χ0) is 15.1. The van der Waals surface area contributed by atoms with Gasteiger partial charge in [-0.2, -0.15) is 0 Å². The molecule has 21 heavy (non-hydrogen) atoms. The van der Waals surface area contributed by atoms with Crippen molar-refractivity contribution < 1.29 is 13.9 Å². The maximum absolute atomic E-state index is 12.7. The van der Waals surface area contributed by atoms with Gasteiger partial charge in [0.15, 0.2) is 5.11 Å². The highest BCUT2D eigenvalue weighted by atomic mass is 32.1. The van der Waals surface area contributed by atoms with Gasteiger partial charge in [-0.1, -0.05) is 0 Å². The molecule has 0 saturated carbocycles. The number of carbonyl (C=O) groups excluding carboxylic acids is 1. The summed E-state index contributed by atoms with van der Waals surface area (Å²) in [5.41, 5.74) is 5.43. The number of benzene rings is 1. The Hall–Kier alpha value is -1.93. The van der Waals surface area contributed by atoms with E-state index in [1.54, 1.807) is 0 Å². The van der Waals surface area contributed by atoms with Crippen molar-refractivity contribution in [1.82, 2.24) is 16.2 Å². The number of nitrogens with one attached hydrogen (secondary N) is 4. The zero-order valence-corrected chi connectivity index (χ0v) is 12.1. The number of thiocarbonyl (C=S) groups is 1. The molecule has 8 heteroatoms. The van der Waals surface area contributed by atoms with Crippen LogP contribution in [0.25, 0.3) is 0 Å². The quantitative estimate of drug-likeness (QED) is 0.503. The molecule has 1 heterocycles. The Morgan fingerprint density at radius 1 is 1.33 bits per heavy atom. The second kappa shape index (κ2) is 7.75. The molecule has 4 N–H and O–H groups in total. The number of carbonyl (C=O) groups is 1. The van der Waals surface area contributed by atoms with E-state index in [0.717, 1.165) is 19.4 Å². The molecule has 1 aliphatic heterocycles. The third-order valence-electron chi connectivity index (χ3n) is 2.91. The van der Waals surface area contributed by atoms with Gasteiger partial charge in [0.1, 0.15) is 5.82 Å². The maximum atomic E-state index is 12.7. The van der Waals surface area contributed by atoms with Crippen LogP contribution in [-0.4, -0.2) is 30.4 Å². The number of halogens is 1. The van der Waals surface area contributed by atoms with E-state index < -0.39 is 6.03 Å². The Kier molecular flexibility index (Phi) is 5.70. The van der Waals surface area contributed by atoms with E-state index in [-0.39, 0.29) is 11.9 Å². The van der Waals surface area contributed by atoms with Crippen molar-refractivity contribution in [2.45, 2.75) is 18.9 Å². The summed E-state index contributed by atoms with van der Waals surface area (Å²) in [5, 5.41) is 5.79. The monoisotopic (exact) mass is 312 g/mol. The summed E-state index contributed by atoms with van der Waals surface area (Å²) in [5.74, 6) is -0.362. The summed E-state index contributed by atoms with van der Waals surface area (Å²) >= 11 is 5.02. The first kappa shape index (κ1) is 15.5. The van der Waals surface area contributed by atoms with Gasteiger partial charge < -0.3 is 15.4 Å². The van der Waals surface area contributed by atoms with Crippen LogP contribution in [0.3, 0.4) is 0 Å². The van der Waals surface area contributed by atoms with Gasteiger partial charge in [0.2, 0.25) is 0 Å². The molecule has 1 aliphatic rings. The van der Waals surface area contributed by atoms with E-state index in [1.807, 2.05) is 0 Å². The normalized spacial score (nSPS) is 17.1. The van der Waals surface area contributed by atoms with Crippen LogP contribution >= 0.6 is 12.2 Å². The molecular weight excluding hydrogens is 295 g/mol. The van der Waals surface area contributed by atoms with E-state index in [9.17, 15) is 9.18 Å². The van der Waals surface area contributed by atoms with Crippen molar-refractivity contribution in [3.05, 3.63) is 30.1 Å². The van der Waals surface area contributed by atoms with Gasteiger partial charge in [0.25, 0.3) is 0 Å². The van der Waals surface area contributed by atoms with Crippen LogP contribution in [0.2, 0.25) is 0 Å². The van der Waals surface area contributed by atoms with Crippen LogP contribution < -0.4 is 21.5 Å². The van der Waals surface area contributed by atoms with Crippen molar-refractivity contribution >= 4 is 29.0 Å². The minimum atomic E-state index is -0.497. The molecule has 1 fully saturated rings. The summed E-state index contributed by atoms with van der Waals surface area (Å²) in [6.45, 7) is 1.39. The fraction of sp³-hybridized carbons (Fsp3) is 0.385. The number of ether oxygens (including phenoxy) is 1. The topological polar surface area (TPSA) is 74.4 Å². The Labute approximate surface area is 127 Å². The second-order valence-electron chi connectivity index (χ2n) is 4.56. The number of rotatable bonds is 3. The van der Waals surface area contributed by atoms with Crippen LogP contribution in [0.15, 0.2) is 24.3 Å². The fourth-order valence-corrected chi connectivity index (χ4v) is 2.00. The Morgan fingerprint density at radius 2 is 2.10 bits per heavy atom. The average molecular weight is 312 g/mol. The highest BCUT2D eigenvalue weighted by Crippen LogP contribution is 2.10. The molecule has 1 saturated heterocycles. The number of anilines is 1. The van der Waals surface area contributed by atoms with Crippen LogP contribution in [0.4, 0.5) is 14.9 Å². The largest absolute Gasteiger partial charge is 0.376 e. The van der Waals surface area contributed by atoms with Gasteiger partial charge >= 0.3 is 6.03 Å². The average Bonchev–Trinajstić information content (AvgIpc) is 2.99. The molecule has 0 radical (unpaired) electrons. The van der Waals surface area contributed by atoms with Gasteiger partial charge in [-0.05, 0) is 49.3 Å². The Balaban J connectivity index is 1.63. The Morgan fingerprint density at radius 3 is 2.76 bits per heavy atom. The van der Waals surface area contributed by atoms with Gasteiger partial charge in [-0.25, -0.2) is 14.6 Å². The van der Waals surface area contributed by atoms with Crippen LogP contribution in [0.1, 0.15) is 12.8 Å². The molecule has 2 amide bonds. The SMILES string of the molecule is O=C(NNC(=S)NC[C@@H]1CCCO1)Nc1ccc(F)cc1. The molecule has 0 spiro atoms. The summed E-state index contributed by atoms with van der Waals surface area (Å²) < 4.78 is 18.2. The lowest BCUT2D eigenvalue weighted by Crippen LogP contribution is -2.49. The fourth-order valence-electron chi connectivity index (χ4n) is 1.87. The molecule has 1 atom stereocenters. The van der Waals surface area contributed by atoms with E-state index >= 15 is 0 Å². The van der Waals surface area contributed by atoms with Gasteiger partial charge in [-0.3, -0.25) is 5.43 Å². The molecular formula is C13H17FN4O2S. The molecule has 6 nitrogen and oxygen atoms in total. The molecule has 0 aliphatic carbocycles. The number of hydrogen-bond acceptors (Lipinski definition) is 3. The molecule has 1 aromatic carbocycles. The van der Waals surface area contributed by atoms with Gasteiger partial charge in [0, 0.05) is 18.8 Å². The van der Waals surface area contributed by atoms with Crippen molar-refractivity contribution in [3.8, 4) is 0 Å². The van der Waals surface area contributed by atoms with E-state index in [2.05, 4.69) is 21.5 Å². The summed E-state index contributed by atoms with van der Waals surface area (Å²) in [6, 6.07) is 4.95. The summed E-state index contributed by atoms with van der Waals surface area (Å²) in [6.07, 6.45) is 2.23. The van der Waals surface area contributed by atoms with Crippen molar-refractivity contribution in [3.63, 3.8) is 0 Å². The number of urea groups is 1. The summed E-state index contributed by atoms with van der Waals surface area (Å²) in [4.78, 5) is 11.6. The number of hydrazine groups is 1. The molecule has 114 valence electrons. The van der Waals surface area contributed by atoms with Crippen molar-refractivity contribution in [2.75, 3.05) is 18.5 Å². The van der Waals surface area contributed by atoms with Crippen LogP contribution in [0.5, 0.6) is 0 Å². The lowest BCUT2D eigenvalue weighted by atomic mass is 10.2.